The molecule has 2 amide bonds. The van der Waals surface area contributed by atoms with Gasteiger partial charge in [0.1, 0.15) is 10.9 Å². The van der Waals surface area contributed by atoms with E-state index in [2.05, 4.69) is 39.7 Å². The third kappa shape index (κ3) is 6.84. The number of benzene rings is 3. The van der Waals surface area contributed by atoms with Crippen molar-refractivity contribution in [2.24, 2.45) is 5.10 Å². The summed E-state index contributed by atoms with van der Waals surface area (Å²) in [5.41, 5.74) is 6.83. The molecule has 3 aromatic carbocycles. The van der Waals surface area contributed by atoms with Crippen molar-refractivity contribution < 1.29 is 9.59 Å². The van der Waals surface area contributed by atoms with Gasteiger partial charge in [-0.1, -0.05) is 60.1 Å². The van der Waals surface area contributed by atoms with Crippen LogP contribution in [0.3, 0.4) is 0 Å². The summed E-state index contributed by atoms with van der Waals surface area (Å²) in [6, 6.07) is 26.0. The van der Waals surface area contributed by atoms with Crippen molar-refractivity contribution in [1.29, 1.82) is 0 Å². The summed E-state index contributed by atoms with van der Waals surface area (Å²) in [4.78, 5) is 28.3. The second-order valence-electron chi connectivity index (χ2n) is 8.88. The number of amides is 2. The van der Waals surface area contributed by atoms with Crippen molar-refractivity contribution in [1.82, 2.24) is 20.5 Å². The van der Waals surface area contributed by atoms with Crippen molar-refractivity contribution in [3.63, 3.8) is 0 Å². The van der Waals surface area contributed by atoms with E-state index in [0.717, 1.165) is 30.0 Å². The lowest BCUT2D eigenvalue weighted by atomic mass is 10.1. The first-order chi connectivity index (χ1) is 19.4. The van der Waals surface area contributed by atoms with Crippen molar-refractivity contribution >= 4 is 41.4 Å². The predicted molar refractivity (Wildman–Crippen MR) is 161 cm³/mol. The van der Waals surface area contributed by atoms with Gasteiger partial charge in [0.05, 0.1) is 23.2 Å². The number of carbonyl (C=O) groups excluding carboxylic acids is 2. The summed E-state index contributed by atoms with van der Waals surface area (Å²) in [5.74, 6) is -0.994. The minimum atomic E-state index is -0.586. The summed E-state index contributed by atoms with van der Waals surface area (Å²) in [5, 5.41) is 11.7. The van der Waals surface area contributed by atoms with E-state index in [1.807, 2.05) is 67.6 Å². The number of rotatable bonds is 10. The topological polar surface area (TPSA) is 91.6 Å². The van der Waals surface area contributed by atoms with Gasteiger partial charge in [-0.15, -0.1) is 0 Å². The predicted octanol–water partition coefficient (Wildman–Crippen LogP) is 5.60. The Balaban J connectivity index is 1.56. The molecule has 0 aliphatic rings. The average molecular weight is 555 g/mol. The van der Waals surface area contributed by atoms with E-state index in [-0.39, 0.29) is 5.70 Å². The van der Waals surface area contributed by atoms with E-state index in [0.29, 0.717) is 22.0 Å². The van der Waals surface area contributed by atoms with Gasteiger partial charge >= 0.3 is 0 Å². The van der Waals surface area contributed by atoms with Gasteiger partial charge in [-0.3, -0.25) is 9.59 Å². The van der Waals surface area contributed by atoms with Gasteiger partial charge in [-0.05, 0) is 68.8 Å². The Hall–Kier alpha value is -4.69. The van der Waals surface area contributed by atoms with Crippen LogP contribution in [0.15, 0.2) is 95.7 Å². The first kappa shape index (κ1) is 28.3. The Kier molecular flexibility index (Phi) is 9.48. The normalized spacial score (nSPS) is 11.4. The van der Waals surface area contributed by atoms with Crippen LogP contribution >= 0.6 is 11.6 Å². The van der Waals surface area contributed by atoms with Crippen molar-refractivity contribution in [2.45, 2.75) is 20.8 Å². The largest absolute Gasteiger partial charge is 0.372 e. The van der Waals surface area contributed by atoms with Crippen LogP contribution in [0.1, 0.15) is 41.0 Å². The van der Waals surface area contributed by atoms with Crippen LogP contribution in [-0.4, -0.2) is 40.9 Å². The smallest absolute Gasteiger partial charge is 0.287 e. The average Bonchev–Trinajstić information content (AvgIpc) is 3.27. The Morgan fingerprint density at radius 1 is 0.950 bits per heavy atom. The molecule has 9 heteroatoms. The zero-order valence-corrected chi connectivity index (χ0v) is 23.4. The quantitative estimate of drug-likeness (QED) is 0.152. The molecule has 0 saturated carbocycles. The third-order valence-electron chi connectivity index (χ3n) is 6.27. The summed E-state index contributed by atoms with van der Waals surface area (Å²) < 4.78 is 1.60. The highest BCUT2D eigenvalue weighted by molar-refractivity contribution is 6.32. The molecule has 0 radical (unpaired) electrons. The molecule has 40 heavy (non-hydrogen) atoms. The fourth-order valence-electron chi connectivity index (χ4n) is 4.09. The van der Waals surface area contributed by atoms with Gasteiger partial charge < -0.3 is 10.2 Å². The van der Waals surface area contributed by atoms with Crippen molar-refractivity contribution in [3.05, 3.63) is 118 Å². The van der Waals surface area contributed by atoms with Crippen molar-refractivity contribution in [2.75, 3.05) is 18.0 Å². The zero-order chi connectivity index (χ0) is 28.5. The van der Waals surface area contributed by atoms with E-state index in [1.54, 1.807) is 35.0 Å². The molecule has 2 N–H and O–H groups in total. The highest BCUT2D eigenvalue weighted by atomic mass is 35.5. The number of aryl methyl sites for hydroxylation is 1. The third-order valence-corrected chi connectivity index (χ3v) is 6.63. The van der Waals surface area contributed by atoms with E-state index < -0.39 is 11.8 Å². The summed E-state index contributed by atoms with van der Waals surface area (Å²) in [7, 11) is 0. The van der Waals surface area contributed by atoms with E-state index >= 15 is 0 Å². The molecule has 1 heterocycles. The molecule has 0 fully saturated rings. The number of nitrogens with zero attached hydrogens (tertiary/aromatic N) is 4. The summed E-state index contributed by atoms with van der Waals surface area (Å²) in [6.45, 7) is 7.78. The maximum atomic E-state index is 13.2. The Bertz CT molecular complexity index is 1510. The second kappa shape index (κ2) is 13.4. The fraction of sp³-hybridized carbons (Fsp3) is 0.161. The Labute approximate surface area is 239 Å². The van der Waals surface area contributed by atoms with Crippen LogP contribution in [0.25, 0.3) is 11.8 Å². The number of hydrazone groups is 1. The van der Waals surface area contributed by atoms with Crippen LogP contribution < -0.4 is 15.6 Å². The number of halogens is 1. The molecule has 0 bridgehead atoms. The lowest BCUT2D eigenvalue weighted by molar-refractivity contribution is -0.117. The maximum Gasteiger partial charge on any atom is 0.287 e. The second-order valence-corrected chi connectivity index (χ2v) is 9.24. The van der Waals surface area contributed by atoms with E-state index in [4.69, 9.17) is 11.6 Å². The zero-order valence-electron chi connectivity index (χ0n) is 22.6. The minimum absolute atomic E-state index is 0.0457. The Morgan fingerprint density at radius 2 is 1.57 bits per heavy atom. The minimum Gasteiger partial charge on any atom is -0.372 e. The number of hydrogen-bond acceptors (Lipinski definition) is 5. The van der Waals surface area contributed by atoms with Gasteiger partial charge in [-0.25, -0.2) is 10.1 Å². The maximum absolute atomic E-state index is 13.2. The molecule has 0 aliphatic carbocycles. The molecule has 0 unspecified atom stereocenters. The van der Waals surface area contributed by atoms with Crippen LogP contribution in [0, 0.1) is 6.92 Å². The molecular formula is C31H31ClN6O2. The van der Waals surface area contributed by atoms with Crippen molar-refractivity contribution in [3.8, 4) is 5.69 Å². The van der Waals surface area contributed by atoms with Crippen LogP contribution in [-0.2, 0) is 4.79 Å². The molecule has 0 atom stereocenters. The van der Waals surface area contributed by atoms with Gasteiger partial charge in [0, 0.05) is 24.3 Å². The monoisotopic (exact) mass is 554 g/mol. The SMILES string of the molecule is CCN(CC)c1ccc(C=C(NC(=O)c2ccccc2)C(=O)NN=Cc2c(C)nn(-c3ccccc3)c2Cl)cc1. The molecule has 4 aromatic rings. The highest BCUT2D eigenvalue weighted by Crippen LogP contribution is 2.22. The highest BCUT2D eigenvalue weighted by Gasteiger charge is 2.16. The first-order valence-electron chi connectivity index (χ1n) is 13.0. The summed E-state index contributed by atoms with van der Waals surface area (Å²) >= 11 is 6.57. The molecule has 0 spiro atoms. The number of aromatic nitrogens is 2. The Morgan fingerprint density at radius 3 is 2.20 bits per heavy atom. The molecule has 0 aliphatic heterocycles. The number of hydrogen-bond donors (Lipinski definition) is 2. The molecule has 8 nitrogen and oxygen atoms in total. The number of carbonyl (C=O) groups is 2. The van der Waals surface area contributed by atoms with Gasteiger partial charge in [0.15, 0.2) is 0 Å². The standard InChI is InChI=1S/C31H31ClN6O2/c1-4-37(5-2)25-18-16-23(17-19-25)20-28(34-30(39)24-12-8-6-9-13-24)31(40)35-33-21-27-22(3)36-38(29(27)32)26-14-10-7-11-15-26/h6-21H,4-5H2,1-3H3,(H,34,39)(H,35,40). The lowest BCUT2D eigenvalue weighted by Crippen LogP contribution is -2.32. The molecule has 1 aromatic heterocycles. The van der Waals surface area contributed by atoms with Gasteiger partial charge in [0.2, 0.25) is 0 Å². The molecule has 0 saturated heterocycles. The molecular weight excluding hydrogens is 524 g/mol. The number of para-hydroxylation sites is 1. The van der Waals surface area contributed by atoms with Gasteiger partial charge in [0.25, 0.3) is 11.8 Å². The summed E-state index contributed by atoms with van der Waals surface area (Å²) in [6.07, 6.45) is 3.06. The van der Waals surface area contributed by atoms with Gasteiger partial charge in [-0.2, -0.15) is 10.2 Å². The molecule has 4 rings (SSSR count). The van der Waals surface area contributed by atoms with E-state index in [9.17, 15) is 9.59 Å². The van der Waals surface area contributed by atoms with E-state index in [1.165, 1.54) is 6.21 Å². The number of nitrogens with one attached hydrogen (secondary N) is 2. The number of anilines is 1. The van der Waals surface area contributed by atoms with Crippen LogP contribution in [0.2, 0.25) is 5.15 Å². The fourth-order valence-corrected chi connectivity index (χ4v) is 4.41. The lowest BCUT2D eigenvalue weighted by Gasteiger charge is -2.20. The van der Waals surface area contributed by atoms with Crippen LogP contribution in [0.4, 0.5) is 5.69 Å². The van der Waals surface area contributed by atoms with Crippen LogP contribution in [0.5, 0.6) is 0 Å². The first-order valence-corrected chi connectivity index (χ1v) is 13.4. The molecule has 204 valence electrons.